The Hall–Kier alpha value is -1.13. The average molecular weight is 235 g/mol. The monoisotopic (exact) mass is 235 g/mol. The Kier molecular flexibility index (Phi) is 3.97. The van der Waals surface area contributed by atoms with Gasteiger partial charge in [0.25, 0.3) is 0 Å². The molecule has 1 N–H and O–H groups in total. The molecular formula is C13H21N3O. The lowest BCUT2D eigenvalue weighted by Gasteiger charge is -2.29. The van der Waals surface area contributed by atoms with Crippen molar-refractivity contribution in [2.45, 2.75) is 25.5 Å². The molecule has 2 rings (SSSR count). The molecule has 0 atom stereocenters. The molecule has 0 aliphatic carbocycles. The first-order valence-corrected chi connectivity index (χ1v) is 6.18. The highest BCUT2D eigenvalue weighted by Gasteiger charge is 2.16. The van der Waals surface area contributed by atoms with Gasteiger partial charge in [0.15, 0.2) is 0 Å². The summed E-state index contributed by atoms with van der Waals surface area (Å²) in [4.78, 5) is 8.78. The van der Waals surface area contributed by atoms with Gasteiger partial charge < -0.3 is 10.0 Å². The maximum absolute atomic E-state index is 9.45. The number of rotatable bonds is 3. The van der Waals surface area contributed by atoms with Gasteiger partial charge in [0.05, 0.1) is 6.10 Å². The van der Waals surface area contributed by atoms with Crippen molar-refractivity contribution in [1.29, 1.82) is 0 Å². The van der Waals surface area contributed by atoms with Crippen molar-refractivity contribution in [2.75, 3.05) is 32.1 Å². The van der Waals surface area contributed by atoms with E-state index in [1.165, 1.54) is 5.56 Å². The molecule has 94 valence electrons. The number of aromatic nitrogens is 1. The van der Waals surface area contributed by atoms with Crippen molar-refractivity contribution in [1.82, 2.24) is 9.88 Å². The topological polar surface area (TPSA) is 39.6 Å². The number of anilines is 1. The molecule has 0 aromatic carbocycles. The maximum Gasteiger partial charge on any atom is 0.127 e. The van der Waals surface area contributed by atoms with Gasteiger partial charge in [-0.1, -0.05) is 6.07 Å². The van der Waals surface area contributed by atoms with Crippen LogP contribution in [0.1, 0.15) is 18.4 Å². The molecule has 1 aromatic heterocycles. The first kappa shape index (κ1) is 12.3. The number of aliphatic hydroxyl groups excluding tert-OH is 1. The zero-order valence-corrected chi connectivity index (χ0v) is 10.6. The summed E-state index contributed by atoms with van der Waals surface area (Å²) in [6.45, 7) is 2.90. The molecular weight excluding hydrogens is 214 g/mol. The molecule has 0 radical (unpaired) electrons. The van der Waals surface area contributed by atoms with Crippen LogP contribution in [0, 0.1) is 0 Å². The third kappa shape index (κ3) is 3.41. The smallest absolute Gasteiger partial charge is 0.127 e. The molecule has 0 saturated carbocycles. The lowest BCUT2D eigenvalue weighted by atomic mass is 10.1. The minimum atomic E-state index is -0.0968. The highest BCUT2D eigenvalue weighted by Crippen LogP contribution is 2.14. The molecule has 4 nitrogen and oxygen atoms in total. The number of aliphatic hydroxyl groups is 1. The van der Waals surface area contributed by atoms with Crippen LogP contribution in [0.3, 0.4) is 0 Å². The molecule has 1 aromatic rings. The molecule has 2 heterocycles. The van der Waals surface area contributed by atoms with Gasteiger partial charge in [-0.05, 0) is 24.5 Å². The van der Waals surface area contributed by atoms with Gasteiger partial charge in [-0.15, -0.1) is 0 Å². The largest absolute Gasteiger partial charge is 0.393 e. The Bertz CT molecular complexity index is 342. The molecule has 0 spiro atoms. The van der Waals surface area contributed by atoms with Crippen molar-refractivity contribution in [3.8, 4) is 0 Å². The summed E-state index contributed by atoms with van der Waals surface area (Å²) < 4.78 is 0. The van der Waals surface area contributed by atoms with Crippen LogP contribution >= 0.6 is 0 Å². The summed E-state index contributed by atoms with van der Waals surface area (Å²) >= 11 is 0. The summed E-state index contributed by atoms with van der Waals surface area (Å²) in [5.41, 5.74) is 1.24. The highest BCUT2D eigenvalue weighted by atomic mass is 16.3. The lowest BCUT2D eigenvalue weighted by Crippen LogP contribution is -2.35. The van der Waals surface area contributed by atoms with Crippen molar-refractivity contribution in [3.63, 3.8) is 0 Å². The van der Waals surface area contributed by atoms with Crippen LogP contribution in [0.2, 0.25) is 0 Å². The van der Waals surface area contributed by atoms with E-state index >= 15 is 0 Å². The summed E-state index contributed by atoms with van der Waals surface area (Å²) in [5, 5.41) is 9.45. The predicted molar refractivity (Wildman–Crippen MR) is 69.1 cm³/mol. The first-order chi connectivity index (χ1) is 8.15. The quantitative estimate of drug-likeness (QED) is 0.852. The SMILES string of the molecule is CN(C)c1ccc(CN2CCC(O)CC2)cn1. The normalized spacial score (nSPS) is 18.3. The number of hydrogen-bond donors (Lipinski definition) is 1. The van der Waals surface area contributed by atoms with Gasteiger partial charge in [-0.3, -0.25) is 4.90 Å². The second kappa shape index (κ2) is 5.47. The molecule has 1 saturated heterocycles. The van der Waals surface area contributed by atoms with E-state index in [1.807, 2.05) is 31.3 Å². The van der Waals surface area contributed by atoms with Crippen LogP contribution in [0.4, 0.5) is 5.82 Å². The van der Waals surface area contributed by atoms with Crippen LogP contribution in [-0.2, 0) is 6.54 Å². The van der Waals surface area contributed by atoms with Crippen LogP contribution in [0.5, 0.6) is 0 Å². The average Bonchev–Trinajstić information content (AvgIpc) is 2.33. The van der Waals surface area contributed by atoms with Crippen LogP contribution in [0.15, 0.2) is 18.3 Å². The number of hydrogen-bond acceptors (Lipinski definition) is 4. The molecule has 1 fully saturated rings. The van der Waals surface area contributed by atoms with E-state index in [1.54, 1.807) is 0 Å². The molecule has 0 bridgehead atoms. The van der Waals surface area contributed by atoms with E-state index in [4.69, 9.17) is 0 Å². The van der Waals surface area contributed by atoms with Gasteiger partial charge in [0.2, 0.25) is 0 Å². The van der Waals surface area contributed by atoms with E-state index in [0.29, 0.717) is 0 Å². The highest BCUT2D eigenvalue weighted by molar-refractivity contribution is 5.37. The number of piperidine rings is 1. The molecule has 1 aliphatic rings. The second-order valence-corrected chi connectivity index (χ2v) is 4.93. The Morgan fingerprint density at radius 2 is 2.06 bits per heavy atom. The molecule has 17 heavy (non-hydrogen) atoms. The van der Waals surface area contributed by atoms with Crippen LogP contribution in [0.25, 0.3) is 0 Å². The maximum atomic E-state index is 9.45. The fraction of sp³-hybridized carbons (Fsp3) is 0.615. The number of pyridine rings is 1. The van der Waals surface area contributed by atoms with E-state index in [9.17, 15) is 5.11 Å². The Balaban J connectivity index is 1.90. The zero-order chi connectivity index (χ0) is 12.3. The molecule has 4 heteroatoms. The summed E-state index contributed by atoms with van der Waals surface area (Å²) in [6.07, 6.45) is 3.63. The van der Waals surface area contributed by atoms with Gasteiger partial charge in [0, 0.05) is 39.9 Å². The third-order valence-electron chi connectivity index (χ3n) is 3.23. The summed E-state index contributed by atoms with van der Waals surface area (Å²) in [5.74, 6) is 0.989. The van der Waals surface area contributed by atoms with Crippen molar-refractivity contribution < 1.29 is 5.11 Å². The molecule has 1 aliphatic heterocycles. The van der Waals surface area contributed by atoms with E-state index < -0.39 is 0 Å². The van der Waals surface area contributed by atoms with Crippen molar-refractivity contribution in [2.24, 2.45) is 0 Å². The standard InChI is InChI=1S/C13H21N3O/c1-15(2)13-4-3-11(9-14-13)10-16-7-5-12(17)6-8-16/h3-4,9,12,17H,5-8,10H2,1-2H3. The van der Waals surface area contributed by atoms with Gasteiger partial charge in [-0.2, -0.15) is 0 Å². The predicted octanol–water partition coefficient (Wildman–Crippen LogP) is 1.10. The Labute approximate surface area is 103 Å². The van der Waals surface area contributed by atoms with E-state index in [0.717, 1.165) is 38.3 Å². The molecule has 0 amide bonds. The third-order valence-corrected chi connectivity index (χ3v) is 3.23. The van der Waals surface area contributed by atoms with Gasteiger partial charge in [0.1, 0.15) is 5.82 Å². The lowest BCUT2D eigenvalue weighted by molar-refractivity contribution is 0.0792. The first-order valence-electron chi connectivity index (χ1n) is 6.18. The summed E-state index contributed by atoms with van der Waals surface area (Å²) in [7, 11) is 3.99. The van der Waals surface area contributed by atoms with Crippen molar-refractivity contribution >= 4 is 5.82 Å². The zero-order valence-electron chi connectivity index (χ0n) is 10.6. The Morgan fingerprint density at radius 1 is 1.35 bits per heavy atom. The van der Waals surface area contributed by atoms with Crippen molar-refractivity contribution in [3.05, 3.63) is 23.9 Å². The minimum absolute atomic E-state index is 0.0968. The fourth-order valence-corrected chi connectivity index (χ4v) is 2.11. The number of likely N-dealkylation sites (tertiary alicyclic amines) is 1. The molecule has 0 unspecified atom stereocenters. The summed E-state index contributed by atoms with van der Waals surface area (Å²) in [6, 6.07) is 4.18. The van der Waals surface area contributed by atoms with Gasteiger partial charge >= 0.3 is 0 Å². The van der Waals surface area contributed by atoms with Crippen LogP contribution in [-0.4, -0.2) is 48.3 Å². The van der Waals surface area contributed by atoms with Crippen LogP contribution < -0.4 is 4.90 Å². The Morgan fingerprint density at radius 3 is 2.59 bits per heavy atom. The number of nitrogens with zero attached hydrogens (tertiary/aromatic N) is 3. The van der Waals surface area contributed by atoms with Gasteiger partial charge in [-0.25, -0.2) is 4.98 Å². The fourth-order valence-electron chi connectivity index (χ4n) is 2.11. The van der Waals surface area contributed by atoms with E-state index in [2.05, 4.69) is 16.0 Å². The minimum Gasteiger partial charge on any atom is -0.393 e. The second-order valence-electron chi connectivity index (χ2n) is 4.93. The van der Waals surface area contributed by atoms with E-state index in [-0.39, 0.29) is 6.10 Å².